The van der Waals surface area contributed by atoms with Gasteiger partial charge in [0.25, 0.3) is 5.91 Å². The summed E-state index contributed by atoms with van der Waals surface area (Å²) in [6.07, 6.45) is 0. The quantitative estimate of drug-likeness (QED) is 0.646. The summed E-state index contributed by atoms with van der Waals surface area (Å²) in [5.41, 5.74) is 4.60. The van der Waals surface area contributed by atoms with Crippen molar-refractivity contribution >= 4 is 17.6 Å². The second-order valence-electron chi connectivity index (χ2n) is 6.89. The zero-order valence-corrected chi connectivity index (χ0v) is 16.8. The lowest BCUT2D eigenvalue weighted by atomic mass is 10.1. The van der Waals surface area contributed by atoms with Crippen LogP contribution in [-0.2, 0) is 9.53 Å². The van der Waals surface area contributed by atoms with Crippen LogP contribution >= 0.6 is 0 Å². The third-order valence-electron chi connectivity index (χ3n) is 4.63. The minimum Gasteiger partial charge on any atom is -0.507 e. The number of carbonyl (C=O) groups excluding carboxylic acids is 2. The molecular weight excluding hydrogens is 370 g/mol. The normalized spacial score (nSPS) is 10.6. The Morgan fingerprint density at radius 1 is 1.07 bits per heavy atom. The van der Waals surface area contributed by atoms with Gasteiger partial charge in [-0.15, -0.1) is 0 Å². The minimum absolute atomic E-state index is 0.0253. The highest BCUT2D eigenvalue weighted by Crippen LogP contribution is 2.24. The first-order valence-electron chi connectivity index (χ1n) is 9.16. The van der Waals surface area contributed by atoms with E-state index in [1.54, 1.807) is 30.7 Å². The first-order valence-corrected chi connectivity index (χ1v) is 9.16. The number of carbonyl (C=O) groups is 2. The molecule has 0 aliphatic rings. The average Bonchev–Trinajstić information content (AvgIpc) is 2.97. The number of esters is 1. The summed E-state index contributed by atoms with van der Waals surface area (Å²) in [5, 5.41) is 17.2. The van der Waals surface area contributed by atoms with E-state index in [0.29, 0.717) is 16.9 Å². The molecule has 3 aromatic rings. The van der Waals surface area contributed by atoms with Crippen LogP contribution in [0.3, 0.4) is 0 Å². The molecule has 29 heavy (non-hydrogen) atoms. The summed E-state index contributed by atoms with van der Waals surface area (Å²) in [6, 6.07) is 12.7. The van der Waals surface area contributed by atoms with Gasteiger partial charge in [0.15, 0.2) is 6.61 Å². The van der Waals surface area contributed by atoms with E-state index in [4.69, 9.17) is 4.74 Å². The highest BCUT2D eigenvalue weighted by molar-refractivity contribution is 5.97. The molecule has 1 heterocycles. The van der Waals surface area contributed by atoms with Gasteiger partial charge in [-0.1, -0.05) is 29.8 Å². The lowest BCUT2D eigenvalue weighted by Gasteiger charge is -2.09. The Morgan fingerprint density at radius 3 is 2.45 bits per heavy atom. The number of phenolic OH excluding ortho intramolecular Hbond substituents is 1. The molecule has 1 amide bonds. The molecule has 0 spiro atoms. The number of hydrogen-bond donors (Lipinski definition) is 2. The summed E-state index contributed by atoms with van der Waals surface area (Å²) in [5.74, 6) is -1.39. The number of anilines is 1. The van der Waals surface area contributed by atoms with Crippen LogP contribution in [-0.4, -0.2) is 33.4 Å². The molecule has 150 valence electrons. The van der Waals surface area contributed by atoms with Crippen LogP contribution in [0.25, 0.3) is 5.69 Å². The predicted octanol–water partition coefficient (Wildman–Crippen LogP) is 3.61. The maximum atomic E-state index is 12.3. The SMILES string of the molecule is Cc1ccc(-n2nc(C)c(NC(=O)COC(=O)c3cccc(C)c3O)c2C)cc1. The van der Waals surface area contributed by atoms with Gasteiger partial charge in [0.05, 0.1) is 22.8 Å². The Hall–Kier alpha value is -3.61. The van der Waals surface area contributed by atoms with Crippen LogP contribution in [0, 0.1) is 27.7 Å². The number of benzene rings is 2. The summed E-state index contributed by atoms with van der Waals surface area (Å²) in [4.78, 5) is 24.5. The smallest absolute Gasteiger partial charge is 0.342 e. The molecule has 7 heteroatoms. The fraction of sp³-hybridized carbons (Fsp3) is 0.227. The molecule has 2 N–H and O–H groups in total. The number of aromatic nitrogens is 2. The van der Waals surface area contributed by atoms with E-state index in [-0.39, 0.29) is 11.3 Å². The lowest BCUT2D eigenvalue weighted by molar-refractivity contribution is -0.119. The summed E-state index contributed by atoms with van der Waals surface area (Å²) >= 11 is 0. The monoisotopic (exact) mass is 393 g/mol. The van der Waals surface area contributed by atoms with Crippen LogP contribution in [0.4, 0.5) is 5.69 Å². The molecule has 0 fully saturated rings. The highest BCUT2D eigenvalue weighted by atomic mass is 16.5. The number of nitrogens with zero attached hydrogens (tertiary/aromatic N) is 2. The van der Waals surface area contributed by atoms with Crippen molar-refractivity contribution in [2.45, 2.75) is 27.7 Å². The molecule has 1 aromatic heterocycles. The van der Waals surface area contributed by atoms with Crippen molar-refractivity contribution in [2.75, 3.05) is 11.9 Å². The number of aryl methyl sites for hydroxylation is 3. The second-order valence-corrected chi connectivity index (χ2v) is 6.89. The maximum Gasteiger partial charge on any atom is 0.342 e. The molecular formula is C22H23N3O4. The number of amides is 1. The highest BCUT2D eigenvalue weighted by Gasteiger charge is 2.18. The van der Waals surface area contributed by atoms with Crippen LogP contribution in [0.5, 0.6) is 5.75 Å². The molecule has 0 atom stereocenters. The lowest BCUT2D eigenvalue weighted by Crippen LogP contribution is -2.21. The summed E-state index contributed by atoms with van der Waals surface area (Å²) in [7, 11) is 0. The van der Waals surface area contributed by atoms with Gasteiger partial charge >= 0.3 is 5.97 Å². The van der Waals surface area contributed by atoms with E-state index in [1.165, 1.54) is 6.07 Å². The zero-order chi connectivity index (χ0) is 21.1. The number of para-hydroxylation sites is 1. The molecule has 0 saturated carbocycles. The van der Waals surface area contributed by atoms with E-state index in [2.05, 4.69) is 10.4 Å². The number of hydrogen-bond acceptors (Lipinski definition) is 5. The Labute approximate surface area is 168 Å². The number of phenols is 1. The molecule has 0 aliphatic carbocycles. The topological polar surface area (TPSA) is 93.5 Å². The molecule has 0 bridgehead atoms. The Kier molecular flexibility index (Phi) is 5.68. The molecule has 0 unspecified atom stereocenters. The maximum absolute atomic E-state index is 12.3. The van der Waals surface area contributed by atoms with Crippen LogP contribution in [0.2, 0.25) is 0 Å². The number of ether oxygens (including phenoxy) is 1. The minimum atomic E-state index is -0.759. The van der Waals surface area contributed by atoms with Crippen molar-refractivity contribution in [3.63, 3.8) is 0 Å². The van der Waals surface area contributed by atoms with Crippen molar-refractivity contribution in [2.24, 2.45) is 0 Å². The molecule has 0 radical (unpaired) electrons. The van der Waals surface area contributed by atoms with Crippen molar-refractivity contribution in [3.05, 3.63) is 70.5 Å². The van der Waals surface area contributed by atoms with E-state index >= 15 is 0 Å². The summed E-state index contributed by atoms with van der Waals surface area (Å²) < 4.78 is 6.80. The third-order valence-corrected chi connectivity index (χ3v) is 4.63. The fourth-order valence-corrected chi connectivity index (χ4v) is 2.97. The van der Waals surface area contributed by atoms with Gasteiger partial charge in [0.2, 0.25) is 0 Å². The van der Waals surface area contributed by atoms with Gasteiger partial charge < -0.3 is 15.2 Å². The fourth-order valence-electron chi connectivity index (χ4n) is 2.97. The van der Waals surface area contributed by atoms with Gasteiger partial charge in [-0.05, 0) is 51.5 Å². The van der Waals surface area contributed by atoms with Crippen LogP contribution in [0.15, 0.2) is 42.5 Å². The zero-order valence-electron chi connectivity index (χ0n) is 16.8. The first-order chi connectivity index (χ1) is 13.8. The van der Waals surface area contributed by atoms with Gasteiger partial charge in [0.1, 0.15) is 11.3 Å². The second kappa shape index (κ2) is 8.18. The van der Waals surface area contributed by atoms with E-state index in [0.717, 1.165) is 16.9 Å². The van der Waals surface area contributed by atoms with E-state index in [1.807, 2.05) is 38.1 Å². The Morgan fingerprint density at radius 2 is 1.76 bits per heavy atom. The Bertz CT molecular complexity index is 1070. The van der Waals surface area contributed by atoms with Gasteiger partial charge in [0, 0.05) is 0 Å². The van der Waals surface area contributed by atoms with Gasteiger partial charge in [-0.25, -0.2) is 9.48 Å². The Balaban J connectivity index is 1.69. The van der Waals surface area contributed by atoms with E-state index < -0.39 is 18.5 Å². The molecule has 0 aliphatic heterocycles. The van der Waals surface area contributed by atoms with Crippen molar-refractivity contribution in [3.8, 4) is 11.4 Å². The van der Waals surface area contributed by atoms with E-state index in [9.17, 15) is 14.7 Å². The average molecular weight is 393 g/mol. The number of aromatic hydroxyl groups is 1. The predicted molar refractivity (Wildman–Crippen MR) is 110 cm³/mol. The summed E-state index contributed by atoms with van der Waals surface area (Å²) in [6.45, 7) is 6.86. The first kappa shape index (κ1) is 20.1. The van der Waals surface area contributed by atoms with Crippen molar-refractivity contribution in [1.29, 1.82) is 0 Å². The number of nitrogens with one attached hydrogen (secondary N) is 1. The molecule has 3 rings (SSSR count). The van der Waals surface area contributed by atoms with Crippen LogP contribution in [0.1, 0.15) is 32.9 Å². The van der Waals surface area contributed by atoms with Gasteiger partial charge in [-0.3, -0.25) is 4.79 Å². The largest absolute Gasteiger partial charge is 0.507 e. The molecule has 7 nitrogen and oxygen atoms in total. The van der Waals surface area contributed by atoms with Crippen molar-refractivity contribution in [1.82, 2.24) is 9.78 Å². The standard InChI is InChI=1S/C22H23N3O4/c1-13-8-10-17(11-9-13)25-16(4)20(15(3)24-25)23-19(26)12-29-22(28)18-7-5-6-14(2)21(18)27/h5-11,27H,12H2,1-4H3,(H,23,26). The molecule has 0 saturated heterocycles. The van der Waals surface area contributed by atoms with Gasteiger partial charge in [-0.2, -0.15) is 5.10 Å². The molecule has 2 aromatic carbocycles. The number of rotatable bonds is 5. The van der Waals surface area contributed by atoms with Crippen molar-refractivity contribution < 1.29 is 19.4 Å². The van der Waals surface area contributed by atoms with Crippen LogP contribution < -0.4 is 5.32 Å². The third kappa shape index (κ3) is 4.29.